The van der Waals surface area contributed by atoms with Gasteiger partial charge in [-0.3, -0.25) is 0 Å². The Morgan fingerprint density at radius 3 is 2.65 bits per heavy atom. The van der Waals surface area contributed by atoms with Gasteiger partial charge in [0.15, 0.2) is 0 Å². The fraction of sp³-hybridized carbons (Fsp3) is 0.286. The summed E-state index contributed by atoms with van der Waals surface area (Å²) in [5.74, 6) is -2.66. The fourth-order valence-electron chi connectivity index (χ4n) is 1.93. The van der Waals surface area contributed by atoms with Gasteiger partial charge in [0.05, 0.1) is 12.6 Å². The van der Waals surface area contributed by atoms with E-state index in [9.17, 15) is 14.7 Å². The highest BCUT2D eigenvalue weighted by molar-refractivity contribution is 5.88. The van der Waals surface area contributed by atoms with Crippen molar-refractivity contribution in [2.45, 2.75) is 19.9 Å². The van der Waals surface area contributed by atoms with Crippen molar-refractivity contribution in [2.24, 2.45) is 0 Å². The van der Waals surface area contributed by atoms with E-state index in [0.717, 1.165) is 10.1 Å². The molecular weight excluding hydrogens is 262 g/mol. The van der Waals surface area contributed by atoms with E-state index in [4.69, 9.17) is 9.15 Å². The lowest BCUT2D eigenvalue weighted by molar-refractivity contribution is 0.0483. The van der Waals surface area contributed by atoms with E-state index in [1.165, 1.54) is 0 Å². The van der Waals surface area contributed by atoms with E-state index in [-0.39, 0.29) is 6.61 Å². The average Bonchev–Trinajstić information content (AvgIpc) is 2.75. The molecular formula is C14H15NO5. The molecule has 1 heterocycles. The average molecular weight is 277 g/mol. The second-order valence-corrected chi connectivity index (χ2v) is 4.20. The Balaban J connectivity index is 2.43. The number of rotatable bonds is 4. The predicted octanol–water partition coefficient (Wildman–Crippen LogP) is 1.93. The monoisotopic (exact) mass is 277 g/mol. The lowest BCUT2D eigenvalue weighted by atomic mass is 10.1. The topological polar surface area (TPSA) is 81.7 Å². The Morgan fingerprint density at radius 1 is 1.40 bits per heavy atom. The van der Waals surface area contributed by atoms with E-state index in [1.807, 2.05) is 30.3 Å². The van der Waals surface area contributed by atoms with Crippen LogP contribution in [0.5, 0.6) is 5.88 Å². The highest BCUT2D eigenvalue weighted by atomic mass is 16.6. The molecule has 0 saturated carbocycles. The molecule has 6 heteroatoms. The van der Waals surface area contributed by atoms with Crippen LogP contribution < -0.4 is 5.76 Å². The molecule has 0 aliphatic heterocycles. The Kier molecular flexibility index (Phi) is 3.93. The van der Waals surface area contributed by atoms with Gasteiger partial charge in [0.1, 0.15) is 0 Å². The number of aromatic hydroxyl groups is 1. The first kappa shape index (κ1) is 13.9. The molecule has 0 fully saturated rings. The maximum atomic E-state index is 11.8. The largest absolute Gasteiger partial charge is 0.491 e. The van der Waals surface area contributed by atoms with Crippen molar-refractivity contribution in [1.29, 1.82) is 0 Å². The zero-order valence-corrected chi connectivity index (χ0v) is 11.2. The van der Waals surface area contributed by atoms with Crippen molar-refractivity contribution in [3.05, 3.63) is 52.2 Å². The molecule has 0 unspecified atom stereocenters. The SMILES string of the molecule is CCOC(=O)c1oc(=O)n([C@H](C)c2ccccc2)c1O. The van der Waals surface area contributed by atoms with Crippen molar-refractivity contribution in [3.8, 4) is 5.88 Å². The standard InChI is InChI=1S/C14H15NO5/c1-3-19-13(17)11-12(16)15(14(18)20-11)9(2)10-7-5-4-6-8-10/h4-9,16H,3H2,1-2H3/t9-/m1/s1. The Bertz CT molecular complexity index is 656. The molecule has 0 spiro atoms. The maximum Gasteiger partial charge on any atom is 0.423 e. The number of nitrogens with zero attached hydrogens (tertiary/aromatic N) is 1. The van der Waals surface area contributed by atoms with E-state index >= 15 is 0 Å². The second kappa shape index (κ2) is 5.64. The number of ether oxygens (including phenoxy) is 1. The second-order valence-electron chi connectivity index (χ2n) is 4.20. The van der Waals surface area contributed by atoms with Crippen LogP contribution in [0.4, 0.5) is 0 Å². The van der Waals surface area contributed by atoms with Gasteiger partial charge in [0.2, 0.25) is 5.88 Å². The fourth-order valence-corrected chi connectivity index (χ4v) is 1.93. The lowest BCUT2D eigenvalue weighted by Gasteiger charge is -2.12. The first-order valence-corrected chi connectivity index (χ1v) is 6.22. The third-order valence-corrected chi connectivity index (χ3v) is 2.95. The summed E-state index contributed by atoms with van der Waals surface area (Å²) >= 11 is 0. The molecule has 0 radical (unpaired) electrons. The number of carbonyl (C=O) groups is 1. The molecule has 20 heavy (non-hydrogen) atoms. The summed E-state index contributed by atoms with van der Waals surface area (Å²) in [4.78, 5) is 23.4. The van der Waals surface area contributed by atoms with Crippen LogP contribution in [-0.4, -0.2) is 22.2 Å². The first-order valence-electron chi connectivity index (χ1n) is 6.22. The van der Waals surface area contributed by atoms with Gasteiger partial charge in [-0.25, -0.2) is 14.2 Å². The summed E-state index contributed by atoms with van der Waals surface area (Å²) in [6, 6.07) is 8.65. The summed E-state index contributed by atoms with van der Waals surface area (Å²) in [6.07, 6.45) is 0. The first-order chi connectivity index (χ1) is 9.56. The number of benzene rings is 1. The normalized spacial score (nSPS) is 12.1. The van der Waals surface area contributed by atoms with E-state index in [1.54, 1.807) is 13.8 Å². The van der Waals surface area contributed by atoms with Gasteiger partial charge >= 0.3 is 11.7 Å². The summed E-state index contributed by atoms with van der Waals surface area (Å²) in [5, 5.41) is 10.0. The smallest absolute Gasteiger partial charge is 0.423 e. The molecule has 0 saturated heterocycles. The molecule has 1 N–H and O–H groups in total. The summed E-state index contributed by atoms with van der Waals surface area (Å²) in [6.45, 7) is 3.47. The van der Waals surface area contributed by atoms with Gasteiger partial charge in [-0.2, -0.15) is 0 Å². The van der Waals surface area contributed by atoms with Crippen LogP contribution in [0, 0.1) is 0 Å². The van der Waals surface area contributed by atoms with Crippen molar-refractivity contribution < 1.29 is 19.1 Å². The minimum absolute atomic E-state index is 0.126. The van der Waals surface area contributed by atoms with E-state index in [0.29, 0.717) is 0 Å². The van der Waals surface area contributed by atoms with Crippen molar-refractivity contribution in [2.75, 3.05) is 6.61 Å². The number of esters is 1. The molecule has 1 aromatic carbocycles. The van der Waals surface area contributed by atoms with Gasteiger partial charge in [0.25, 0.3) is 5.76 Å². The third kappa shape index (κ3) is 2.45. The van der Waals surface area contributed by atoms with Gasteiger partial charge in [0, 0.05) is 0 Å². The number of hydrogen-bond acceptors (Lipinski definition) is 5. The zero-order chi connectivity index (χ0) is 14.7. The lowest BCUT2D eigenvalue weighted by Crippen LogP contribution is -2.18. The molecule has 106 valence electrons. The minimum Gasteiger partial charge on any atom is -0.491 e. The number of hydrogen-bond donors (Lipinski definition) is 1. The summed E-state index contributed by atoms with van der Waals surface area (Å²) in [7, 11) is 0. The molecule has 0 aliphatic rings. The highest BCUT2D eigenvalue weighted by Crippen LogP contribution is 2.25. The van der Waals surface area contributed by atoms with Gasteiger partial charge in [-0.15, -0.1) is 0 Å². The quantitative estimate of drug-likeness (QED) is 0.863. The molecule has 6 nitrogen and oxygen atoms in total. The predicted molar refractivity (Wildman–Crippen MR) is 70.8 cm³/mol. The molecule has 0 aliphatic carbocycles. The Morgan fingerprint density at radius 2 is 2.05 bits per heavy atom. The number of aromatic nitrogens is 1. The van der Waals surface area contributed by atoms with Crippen LogP contribution in [0.15, 0.2) is 39.5 Å². The summed E-state index contributed by atoms with van der Waals surface area (Å²) in [5.41, 5.74) is 0.807. The number of carbonyl (C=O) groups excluding carboxylic acids is 1. The van der Waals surface area contributed by atoms with Crippen LogP contribution in [-0.2, 0) is 4.74 Å². The van der Waals surface area contributed by atoms with Gasteiger partial charge in [-0.05, 0) is 19.4 Å². The van der Waals surface area contributed by atoms with Gasteiger partial charge < -0.3 is 14.3 Å². The highest BCUT2D eigenvalue weighted by Gasteiger charge is 2.26. The summed E-state index contributed by atoms with van der Waals surface area (Å²) < 4.78 is 10.5. The Hall–Kier alpha value is -2.50. The Labute approximate surface area is 115 Å². The maximum absolute atomic E-state index is 11.8. The van der Waals surface area contributed by atoms with Crippen LogP contribution in [0.25, 0.3) is 0 Å². The minimum atomic E-state index is -0.860. The van der Waals surface area contributed by atoms with Gasteiger partial charge in [-0.1, -0.05) is 30.3 Å². The zero-order valence-electron chi connectivity index (χ0n) is 11.2. The third-order valence-electron chi connectivity index (χ3n) is 2.95. The molecule has 1 atom stereocenters. The van der Waals surface area contributed by atoms with Crippen molar-refractivity contribution in [1.82, 2.24) is 4.57 Å². The van der Waals surface area contributed by atoms with E-state index < -0.39 is 29.4 Å². The van der Waals surface area contributed by atoms with Crippen LogP contribution in [0.1, 0.15) is 36.0 Å². The van der Waals surface area contributed by atoms with Crippen molar-refractivity contribution in [3.63, 3.8) is 0 Å². The van der Waals surface area contributed by atoms with Crippen LogP contribution >= 0.6 is 0 Å². The van der Waals surface area contributed by atoms with Crippen LogP contribution in [0.2, 0.25) is 0 Å². The molecule has 2 rings (SSSR count). The molecule has 1 aromatic heterocycles. The van der Waals surface area contributed by atoms with E-state index in [2.05, 4.69) is 0 Å². The molecule has 0 amide bonds. The number of oxazole rings is 1. The molecule has 0 bridgehead atoms. The van der Waals surface area contributed by atoms with Crippen molar-refractivity contribution >= 4 is 5.97 Å². The van der Waals surface area contributed by atoms with Crippen LogP contribution in [0.3, 0.4) is 0 Å². The molecule has 2 aromatic rings.